The summed E-state index contributed by atoms with van der Waals surface area (Å²) in [6, 6.07) is 0. The van der Waals surface area contributed by atoms with Crippen LogP contribution in [0.3, 0.4) is 0 Å². The summed E-state index contributed by atoms with van der Waals surface area (Å²) in [5, 5.41) is 12.1. The molecule has 0 aromatic carbocycles. The molecule has 0 radical (unpaired) electrons. The molecule has 2 rings (SSSR count). The van der Waals surface area contributed by atoms with Crippen molar-refractivity contribution in [1.82, 2.24) is 20.0 Å². The molecule has 1 atom stereocenters. The molecule has 21 heavy (non-hydrogen) atoms. The average Bonchev–Trinajstić information content (AvgIpc) is 2.94. The Kier molecular flexibility index (Phi) is 4.42. The Balaban J connectivity index is 2.03. The molecule has 112 valence electrons. The maximum absolute atomic E-state index is 11.8. The highest BCUT2D eigenvalue weighted by Gasteiger charge is 2.16. The molecule has 0 amide bonds. The molecule has 0 aliphatic rings. The first-order valence-corrected chi connectivity index (χ1v) is 6.64. The molecule has 8 heteroatoms. The van der Waals surface area contributed by atoms with Crippen molar-refractivity contribution in [1.29, 1.82) is 0 Å². The van der Waals surface area contributed by atoms with Crippen molar-refractivity contribution in [3.63, 3.8) is 0 Å². The highest BCUT2D eigenvalue weighted by molar-refractivity contribution is 6.31. The van der Waals surface area contributed by atoms with Crippen LogP contribution < -0.4 is 0 Å². The molecule has 0 fully saturated rings. The van der Waals surface area contributed by atoms with Gasteiger partial charge in [-0.1, -0.05) is 11.6 Å². The standard InChI is InChI=1S/C13H15ClN4O3/c1-7-10(12(14)18(4)17-7)5-6-11(19)20-8(2)13-16-15-9(3)21-13/h5-6,8H,1-4H3/b6-5+/t8-/m1/s1. The topological polar surface area (TPSA) is 83.0 Å². The van der Waals surface area contributed by atoms with Crippen molar-refractivity contribution in [2.24, 2.45) is 7.05 Å². The maximum Gasteiger partial charge on any atom is 0.331 e. The van der Waals surface area contributed by atoms with Gasteiger partial charge in [-0.3, -0.25) is 4.68 Å². The van der Waals surface area contributed by atoms with E-state index in [0.29, 0.717) is 16.6 Å². The molecule has 0 N–H and O–H groups in total. The smallest absolute Gasteiger partial charge is 0.331 e. The Morgan fingerprint density at radius 2 is 2.14 bits per heavy atom. The van der Waals surface area contributed by atoms with E-state index in [0.717, 1.165) is 5.69 Å². The van der Waals surface area contributed by atoms with Gasteiger partial charge in [0.15, 0.2) is 6.10 Å². The average molecular weight is 311 g/mol. The van der Waals surface area contributed by atoms with Gasteiger partial charge in [0, 0.05) is 25.6 Å². The van der Waals surface area contributed by atoms with Crippen LogP contribution in [0.5, 0.6) is 0 Å². The summed E-state index contributed by atoms with van der Waals surface area (Å²) in [6.45, 7) is 5.12. The lowest BCUT2D eigenvalue weighted by molar-refractivity contribution is -0.143. The van der Waals surface area contributed by atoms with E-state index in [1.165, 1.54) is 10.8 Å². The summed E-state index contributed by atoms with van der Waals surface area (Å²) in [6.07, 6.45) is 2.24. The minimum absolute atomic E-state index is 0.254. The first kappa shape index (κ1) is 15.2. The predicted octanol–water partition coefficient (Wildman–Crippen LogP) is 2.39. The van der Waals surface area contributed by atoms with Gasteiger partial charge in [-0.2, -0.15) is 5.10 Å². The van der Waals surface area contributed by atoms with Crippen molar-refractivity contribution in [3.8, 4) is 0 Å². The van der Waals surface area contributed by atoms with Crippen molar-refractivity contribution in [3.05, 3.63) is 34.3 Å². The SMILES string of the molecule is Cc1nnc([C@@H](C)OC(=O)/C=C/c2c(C)nn(C)c2Cl)o1. The summed E-state index contributed by atoms with van der Waals surface area (Å²) in [5.41, 5.74) is 1.41. The summed E-state index contributed by atoms with van der Waals surface area (Å²) in [7, 11) is 1.73. The second-order valence-electron chi connectivity index (χ2n) is 4.49. The number of carbonyl (C=O) groups excluding carboxylic acids is 1. The van der Waals surface area contributed by atoms with E-state index in [-0.39, 0.29) is 5.89 Å². The van der Waals surface area contributed by atoms with E-state index >= 15 is 0 Å². The van der Waals surface area contributed by atoms with Gasteiger partial charge in [-0.25, -0.2) is 4.79 Å². The lowest BCUT2D eigenvalue weighted by Crippen LogP contribution is -2.06. The monoisotopic (exact) mass is 310 g/mol. The lowest BCUT2D eigenvalue weighted by Gasteiger charge is -2.06. The van der Waals surface area contributed by atoms with Gasteiger partial charge >= 0.3 is 5.97 Å². The van der Waals surface area contributed by atoms with Gasteiger partial charge < -0.3 is 9.15 Å². The van der Waals surface area contributed by atoms with E-state index in [1.807, 2.05) is 0 Å². The molecule has 0 unspecified atom stereocenters. The van der Waals surface area contributed by atoms with Gasteiger partial charge in [0.1, 0.15) is 5.15 Å². The third-order valence-electron chi connectivity index (χ3n) is 2.76. The molecule has 0 aliphatic carbocycles. The number of rotatable bonds is 4. The lowest BCUT2D eigenvalue weighted by atomic mass is 10.2. The van der Waals surface area contributed by atoms with Gasteiger partial charge in [-0.05, 0) is 19.9 Å². The summed E-state index contributed by atoms with van der Waals surface area (Å²) in [4.78, 5) is 11.8. The number of hydrogen-bond acceptors (Lipinski definition) is 6. The molecule has 0 aliphatic heterocycles. The van der Waals surface area contributed by atoms with Crippen molar-refractivity contribution < 1.29 is 13.9 Å². The van der Waals surface area contributed by atoms with Crippen LogP contribution in [0.4, 0.5) is 0 Å². The third kappa shape index (κ3) is 3.49. The van der Waals surface area contributed by atoms with Crippen molar-refractivity contribution in [2.45, 2.75) is 26.9 Å². The summed E-state index contributed by atoms with van der Waals surface area (Å²) < 4.78 is 11.9. The van der Waals surface area contributed by atoms with Crippen LogP contribution >= 0.6 is 11.6 Å². The zero-order chi connectivity index (χ0) is 15.6. The van der Waals surface area contributed by atoms with Crippen molar-refractivity contribution in [2.75, 3.05) is 0 Å². The number of esters is 1. The van der Waals surface area contributed by atoms with Crippen LogP contribution in [0.25, 0.3) is 6.08 Å². The van der Waals surface area contributed by atoms with E-state index in [1.54, 1.807) is 33.9 Å². The maximum atomic E-state index is 11.8. The van der Waals surface area contributed by atoms with Gasteiger partial charge in [0.05, 0.1) is 5.69 Å². The summed E-state index contributed by atoms with van der Waals surface area (Å²) in [5.74, 6) is 0.142. The molecule has 2 aromatic rings. The first-order valence-electron chi connectivity index (χ1n) is 6.26. The number of carbonyl (C=O) groups is 1. The zero-order valence-corrected chi connectivity index (χ0v) is 12.9. The van der Waals surface area contributed by atoms with Crippen LogP contribution in [0.2, 0.25) is 5.15 Å². The van der Waals surface area contributed by atoms with Crippen LogP contribution in [0.1, 0.15) is 36.1 Å². The van der Waals surface area contributed by atoms with Crippen molar-refractivity contribution >= 4 is 23.6 Å². The fourth-order valence-corrected chi connectivity index (χ4v) is 1.96. The largest absolute Gasteiger partial charge is 0.449 e. The molecule has 2 aromatic heterocycles. The number of nitrogens with zero attached hydrogens (tertiary/aromatic N) is 4. The fourth-order valence-electron chi connectivity index (χ4n) is 1.73. The molecule has 0 spiro atoms. The molecule has 2 heterocycles. The van der Waals surface area contributed by atoms with Gasteiger partial charge in [0.25, 0.3) is 5.89 Å². The minimum atomic E-state index is -0.617. The highest BCUT2D eigenvalue weighted by atomic mass is 35.5. The van der Waals surface area contributed by atoms with E-state index < -0.39 is 12.1 Å². The number of hydrogen-bond donors (Lipinski definition) is 0. The molecule has 7 nitrogen and oxygen atoms in total. The van der Waals surface area contributed by atoms with E-state index in [4.69, 9.17) is 20.8 Å². The van der Waals surface area contributed by atoms with Crippen LogP contribution in [0, 0.1) is 13.8 Å². The normalized spacial score (nSPS) is 12.8. The Morgan fingerprint density at radius 1 is 1.43 bits per heavy atom. The quantitative estimate of drug-likeness (QED) is 0.637. The van der Waals surface area contributed by atoms with Gasteiger partial charge in [-0.15, -0.1) is 10.2 Å². The number of aromatic nitrogens is 4. The Labute approximate surface area is 126 Å². The minimum Gasteiger partial charge on any atom is -0.449 e. The Bertz CT molecular complexity index is 690. The van der Waals surface area contributed by atoms with Gasteiger partial charge in [0.2, 0.25) is 5.89 Å². The van der Waals surface area contributed by atoms with Crippen LogP contribution in [-0.4, -0.2) is 25.9 Å². The van der Waals surface area contributed by atoms with E-state index in [9.17, 15) is 4.79 Å². The number of ether oxygens (including phenoxy) is 1. The Hall–Kier alpha value is -2.15. The zero-order valence-electron chi connectivity index (χ0n) is 12.1. The molecular formula is C13H15ClN4O3. The highest BCUT2D eigenvalue weighted by Crippen LogP contribution is 2.20. The second kappa shape index (κ2) is 6.09. The molecule has 0 saturated carbocycles. The molecule has 0 saturated heterocycles. The first-order chi connectivity index (χ1) is 9.88. The van der Waals surface area contributed by atoms with Crippen LogP contribution in [0.15, 0.2) is 10.5 Å². The van der Waals surface area contributed by atoms with E-state index in [2.05, 4.69) is 15.3 Å². The van der Waals surface area contributed by atoms with Crippen LogP contribution in [-0.2, 0) is 16.6 Å². The fraction of sp³-hybridized carbons (Fsp3) is 0.385. The Morgan fingerprint density at radius 3 is 2.67 bits per heavy atom. The number of halogens is 1. The number of aryl methyl sites for hydroxylation is 3. The summed E-state index contributed by atoms with van der Waals surface area (Å²) >= 11 is 6.07. The molecule has 0 bridgehead atoms. The second-order valence-corrected chi connectivity index (χ2v) is 4.84. The molecular weight excluding hydrogens is 296 g/mol. The predicted molar refractivity (Wildman–Crippen MR) is 75.5 cm³/mol. The third-order valence-corrected chi connectivity index (χ3v) is 3.21.